The lowest BCUT2D eigenvalue weighted by atomic mass is 9.82. The van der Waals surface area contributed by atoms with E-state index in [4.69, 9.17) is 16.6 Å². The zero-order valence-electron chi connectivity index (χ0n) is 19.6. The van der Waals surface area contributed by atoms with E-state index in [0.29, 0.717) is 30.0 Å². The number of hydrogen-bond donors (Lipinski definition) is 2. The van der Waals surface area contributed by atoms with Crippen LogP contribution in [0.1, 0.15) is 28.2 Å². The molecule has 7 rings (SSSR count). The summed E-state index contributed by atoms with van der Waals surface area (Å²) in [5.41, 5.74) is 4.41. The predicted octanol–water partition coefficient (Wildman–Crippen LogP) is 4.42. The molecule has 1 aliphatic heterocycles. The number of H-pyrrole nitrogens is 1. The second kappa shape index (κ2) is 8.28. The molecule has 0 spiro atoms. The number of benzene rings is 3. The van der Waals surface area contributed by atoms with E-state index >= 15 is 0 Å². The third-order valence-corrected chi connectivity index (χ3v) is 7.51. The number of hydrogen-bond acceptors (Lipinski definition) is 5. The topological polar surface area (TPSA) is 106 Å². The number of halogens is 1. The first-order chi connectivity index (χ1) is 18.1. The fourth-order valence-electron chi connectivity index (χ4n) is 5.35. The molecular weight excluding hydrogens is 488 g/mol. The van der Waals surface area contributed by atoms with E-state index in [1.165, 1.54) is 0 Å². The number of amides is 1. The van der Waals surface area contributed by atoms with Crippen LogP contribution in [-0.2, 0) is 18.5 Å². The molecule has 4 heterocycles. The second-order valence-corrected chi connectivity index (χ2v) is 9.72. The van der Waals surface area contributed by atoms with Gasteiger partial charge >= 0.3 is 0 Å². The number of aryl methyl sites for hydroxylation is 1. The summed E-state index contributed by atoms with van der Waals surface area (Å²) in [6.45, 7) is 0.531. The van der Waals surface area contributed by atoms with Gasteiger partial charge in [-0.2, -0.15) is 5.10 Å². The fourth-order valence-corrected chi connectivity index (χ4v) is 5.61. The summed E-state index contributed by atoms with van der Waals surface area (Å²) in [5.74, 6) is 0.762. The summed E-state index contributed by atoms with van der Waals surface area (Å²) in [7, 11) is 0. The van der Waals surface area contributed by atoms with Gasteiger partial charge in [-0.25, -0.2) is 4.98 Å². The fraction of sp³-hybridized carbons (Fsp3) is 0.148. The largest absolute Gasteiger partial charge is 0.341 e. The van der Waals surface area contributed by atoms with E-state index in [9.17, 15) is 4.79 Å². The van der Waals surface area contributed by atoms with Gasteiger partial charge in [-0.15, -0.1) is 10.2 Å². The van der Waals surface area contributed by atoms with Crippen LogP contribution < -0.4 is 5.32 Å². The Morgan fingerprint density at radius 2 is 1.89 bits per heavy atom. The summed E-state index contributed by atoms with van der Waals surface area (Å²) in [5, 5.41) is 19.8. The number of imidazole rings is 1. The molecule has 0 unspecified atom stereocenters. The monoisotopic (exact) mass is 508 g/mol. The second-order valence-electron chi connectivity index (χ2n) is 9.32. The molecule has 0 aliphatic carbocycles. The van der Waals surface area contributed by atoms with Crippen molar-refractivity contribution in [2.24, 2.45) is 0 Å². The highest BCUT2D eigenvalue weighted by Crippen LogP contribution is 2.37. The highest BCUT2D eigenvalue weighted by molar-refractivity contribution is 6.34. The quantitative estimate of drug-likeness (QED) is 0.366. The molecule has 0 radical (unpaired) electrons. The van der Waals surface area contributed by atoms with E-state index in [1.54, 1.807) is 29.4 Å². The Labute approximate surface area is 216 Å². The van der Waals surface area contributed by atoms with Crippen LogP contribution in [0.15, 0.2) is 79.5 Å². The van der Waals surface area contributed by atoms with Crippen molar-refractivity contribution < 1.29 is 4.79 Å². The molecule has 10 heteroatoms. The lowest BCUT2D eigenvalue weighted by molar-refractivity contribution is 0.0867. The Hall–Kier alpha value is -4.50. The molecule has 3 aromatic heterocycles. The van der Waals surface area contributed by atoms with Crippen molar-refractivity contribution >= 4 is 39.4 Å². The molecule has 0 fully saturated rings. The first-order valence-corrected chi connectivity index (χ1v) is 12.3. The number of rotatable bonds is 4. The predicted molar refractivity (Wildman–Crippen MR) is 140 cm³/mol. The van der Waals surface area contributed by atoms with Gasteiger partial charge in [-0.05, 0) is 42.3 Å². The van der Waals surface area contributed by atoms with Crippen LogP contribution >= 0.6 is 11.6 Å². The molecule has 0 saturated heterocycles. The highest BCUT2D eigenvalue weighted by atomic mass is 35.5. The minimum Gasteiger partial charge on any atom is -0.341 e. The highest BCUT2D eigenvalue weighted by Gasteiger charge is 2.39. The van der Waals surface area contributed by atoms with Crippen molar-refractivity contribution in [1.82, 2.24) is 39.8 Å². The van der Waals surface area contributed by atoms with Crippen molar-refractivity contribution in [3.63, 3.8) is 0 Å². The zero-order valence-corrected chi connectivity index (χ0v) is 20.4. The average molecular weight is 509 g/mol. The summed E-state index contributed by atoms with van der Waals surface area (Å²) in [6.07, 6.45) is 6.40. The normalized spacial score (nSPS) is 17.2. The summed E-state index contributed by atoms with van der Waals surface area (Å²) in [4.78, 5) is 18.6. The van der Waals surface area contributed by atoms with Gasteiger partial charge < -0.3 is 9.88 Å². The molecule has 37 heavy (non-hydrogen) atoms. The van der Waals surface area contributed by atoms with Gasteiger partial charge in [0.2, 0.25) is 0 Å². The van der Waals surface area contributed by atoms with Crippen molar-refractivity contribution in [2.45, 2.75) is 24.9 Å². The van der Waals surface area contributed by atoms with Crippen LogP contribution in [0.4, 0.5) is 0 Å². The van der Waals surface area contributed by atoms with E-state index in [1.807, 2.05) is 42.6 Å². The smallest absolute Gasteiger partial charge is 0.253 e. The van der Waals surface area contributed by atoms with Gasteiger partial charge in [0.15, 0.2) is 0 Å². The Morgan fingerprint density at radius 3 is 2.70 bits per heavy atom. The molecule has 2 N–H and O–H groups in total. The van der Waals surface area contributed by atoms with E-state index in [0.717, 1.165) is 39.0 Å². The molecular formula is C27H21ClN8O. The van der Waals surface area contributed by atoms with Crippen LogP contribution in [0.5, 0.6) is 0 Å². The maximum Gasteiger partial charge on any atom is 0.253 e. The Kier molecular flexibility index (Phi) is 4.87. The van der Waals surface area contributed by atoms with E-state index in [2.05, 4.69) is 42.4 Å². The lowest BCUT2D eigenvalue weighted by Crippen LogP contribution is -2.51. The van der Waals surface area contributed by atoms with Crippen molar-refractivity contribution in [3.05, 3.63) is 101 Å². The first kappa shape index (κ1) is 21.8. The molecule has 0 saturated carbocycles. The Balaban J connectivity index is 1.30. The molecule has 1 amide bonds. The van der Waals surface area contributed by atoms with Crippen LogP contribution in [-0.4, -0.2) is 40.4 Å². The van der Waals surface area contributed by atoms with Gasteiger partial charge in [0, 0.05) is 17.5 Å². The molecule has 9 nitrogen and oxygen atoms in total. The van der Waals surface area contributed by atoms with Gasteiger partial charge in [0.1, 0.15) is 18.5 Å². The maximum absolute atomic E-state index is 13.7. The van der Waals surface area contributed by atoms with Gasteiger partial charge in [-0.3, -0.25) is 14.5 Å². The molecule has 6 aromatic rings. The average Bonchev–Trinajstić information content (AvgIpc) is 3.68. The molecule has 1 atom stereocenters. The molecule has 1 aliphatic rings. The Morgan fingerprint density at radius 1 is 1.05 bits per heavy atom. The molecule has 3 aromatic carbocycles. The zero-order chi connectivity index (χ0) is 25.0. The van der Waals surface area contributed by atoms with Gasteiger partial charge in [0.05, 0.1) is 45.4 Å². The van der Waals surface area contributed by atoms with Crippen LogP contribution in [0, 0.1) is 0 Å². The van der Waals surface area contributed by atoms with E-state index < -0.39 is 5.54 Å². The summed E-state index contributed by atoms with van der Waals surface area (Å²) in [6, 6.07) is 19.5. The van der Waals surface area contributed by atoms with Gasteiger partial charge in [0.25, 0.3) is 5.91 Å². The SMILES string of the molecule is O=C(N[C@]1(c2ccccc2)CCc2nc3ccc4cn[nH]c4c3n2C1)c1ccc(-n2cnnc2)cc1Cl. The van der Waals surface area contributed by atoms with Crippen molar-refractivity contribution in [3.8, 4) is 5.69 Å². The first-order valence-electron chi connectivity index (χ1n) is 12.0. The Bertz CT molecular complexity index is 1770. The van der Waals surface area contributed by atoms with Gasteiger partial charge in [-0.1, -0.05) is 41.9 Å². The number of aromatic nitrogens is 7. The van der Waals surface area contributed by atoms with Crippen molar-refractivity contribution in [1.29, 1.82) is 0 Å². The number of carbonyl (C=O) groups excluding carboxylic acids is 1. The van der Waals surface area contributed by atoms with Crippen LogP contribution in [0.3, 0.4) is 0 Å². The molecule has 0 bridgehead atoms. The summed E-state index contributed by atoms with van der Waals surface area (Å²) < 4.78 is 3.95. The standard InChI is InChI=1S/C27H21ClN8O/c28-21-12-19(35-15-30-31-16-35)7-8-20(21)26(37)33-27(18-4-2-1-3-5-18)11-10-23-32-22-9-6-17-13-29-34-24(17)25(22)36(23)14-27/h1-9,12-13,15-16H,10-11,14H2,(H,29,34)(H,33,37)/t27-/m1/s1. The minimum atomic E-state index is -0.655. The van der Waals surface area contributed by atoms with E-state index in [-0.39, 0.29) is 5.91 Å². The number of aromatic amines is 1. The third kappa shape index (κ3) is 3.50. The number of nitrogens with one attached hydrogen (secondary N) is 2. The van der Waals surface area contributed by atoms with Crippen LogP contribution in [0.25, 0.3) is 27.6 Å². The van der Waals surface area contributed by atoms with Crippen molar-refractivity contribution in [2.75, 3.05) is 0 Å². The summed E-state index contributed by atoms with van der Waals surface area (Å²) >= 11 is 6.60. The third-order valence-electron chi connectivity index (χ3n) is 7.20. The number of carbonyl (C=O) groups is 1. The number of nitrogens with zero attached hydrogens (tertiary/aromatic N) is 6. The molecule has 182 valence electrons. The lowest BCUT2D eigenvalue weighted by Gasteiger charge is -2.39. The minimum absolute atomic E-state index is 0.233. The number of fused-ring (bicyclic) bond motifs is 5. The maximum atomic E-state index is 13.7. The van der Waals surface area contributed by atoms with Crippen LogP contribution in [0.2, 0.25) is 5.02 Å².